The van der Waals surface area contributed by atoms with Gasteiger partial charge < -0.3 is 4.90 Å². The molecule has 3 rings (SSSR count). The molecule has 1 atom stereocenters. The predicted octanol–water partition coefficient (Wildman–Crippen LogP) is 2.01. The molecule has 1 aliphatic heterocycles. The van der Waals surface area contributed by atoms with Crippen molar-refractivity contribution < 1.29 is 8.42 Å². The first-order chi connectivity index (χ1) is 9.54. The Balaban J connectivity index is 1.91. The van der Waals surface area contributed by atoms with Gasteiger partial charge in [-0.15, -0.1) is 0 Å². The average molecular weight is 313 g/mol. The van der Waals surface area contributed by atoms with Crippen LogP contribution in [-0.4, -0.2) is 20.0 Å². The molecular weight excluding hydrogens is 294 g/mol. The van der Waals surface area contributed by atoms with Gasteiger partial charge in [-0.3, -0.25) is 0 Å². The lowest BCUT2D eigenvalue weighted by Gasteiger charge is -2.36. The van der Waals surface area contributed by atoms with E-state index in [0.717, 1.165) is 23.4 Å². The number of anilines is 1. The number of thioether (sulfide) groups is 1. The summed E-state index contributed by atoms with van der Waals surface area (Å²) in [5, 5.41) is 5.16. The van der Waals surface area contributed by atoms with Gasteiger partial charge in [0.1, 0.15) is 5.50 Å². The lowest BCUT2D eigenvalue weighted by atomic mass is 9.94. The molecule has 1 aromatic rings. The van der Waals surface area contributed by atoms with Crippen molar-refractivity contribution in [3.05, 3.63) is 24.3 Å². The van der Waals surface area contributed by atoms with Crippen LogP contribution in [0.25, 0.3) is 0 Å². The summed E-state index contributed by atoms with van der Waals surface area (Å²) in [7, 11) is -3.71. The van der Waals surface area contributed by atoms with Crippen molar-refractivity contribution in [2.75, 3.05) is 4.90 Å². The van der Waals surface area contributed by atoms with Crippen LogP contribution in [0.2, 0.25) is 0 Å². The second-order valence-electron chi connectivity index (χ2n) is 5.30. The van der Waals surface area contributed by atoms with Crippen LogP contribution >= 0.6 is 11.8 Å². The summed E-state index contributed by atoms with van der Waals surface area (Å²) in [5.41, 5.74) is 0.788. The Hall–Kier alpha value is -0.760. The normalized spacial score (nSPS) is 23.9. The molecule has 0 bridgehead atoms. The monoisotopic (exact) mass is 313 g/mol. The van der Waals surface area contributed by atoms with Gasteiger partial charge in [0, 0.05) is 10.9 Å². The van der Waals surface area contributed by atoms with Gasteiger partial charge in [-0.2, -0.15) is 13.1 Å². The van der Waals surface area contributed by atoms with E-state index in [4.69, 9.17) is 5.14 Å². The maximum absolute atomic E-state index is 11.4. The van der Waals surface area contributed by atoms with E-state index in [1.807, 2.05) is 18.2 Å². The Bertz CT molecular complexity index is 585. The van der Waals surface area contributed by atoms with E-state index in [1.165, 1.54) is 31.0 Å². The van der Waals surface area contributed by atoms with Crippen LogP contribution in [0.5, 0.6) is 0 Å². The van der Waals surface area contributed by atoms with Crippen molar-refractivity contribution in [2.24, 2.45) is 5.14 Å². The number of nitrogens with zero attached hydrogens (tertiary/aromatic N) is 1. The molecule has 1 heterocycles. The Morgan fingerprint density at radius 2 is 1.90 bits per heavy atom. The summed E-state index contributed by atoms with van der Waals surface area (Å²) in [6, 6.07) is 8.44. The van der Waals surface area contributed by atoms with Crippen molar-refractivity contribution in [1.82, 2.24) is 4.72 Å². The highest BCUT2D eigenvalue weighted by atomic mass is 32.2. The zero-order chi connectivity index (χ0) is 14.2. The fourth-order valence-electron chi connectivity index (χ4n) is 3.04. The molecular formula is C13H19N3O2S2. The van der Waals surface area contributed by atoms with Crippen molar-refractivity contribution in [2.45, 2.75) is 48.5 Å². The maximum atomic E-state index is 11.4. The van der Waals surface area contributed by atoms with Crippen molar-refractivity contribution in [3.8, 4) is 0 Å². The SMILES string of the molecule is NS(=O)(=O)NC1Sc2ccccc2N1C1CCCCC1. The minimum atomic E-state index is -3.71. The Kier molecular flexibility index (Phi) is 3.94. The lowest BCUT2D eigenvalue weighted by Crippen LogP contribution is -2.51. The first-order valence-electron chi connectivity index (χ1n) is 6.89. The predicted molar refractivity (Wildman–Crippen MR) is 81.7 cm³/mol. The van der Waals surface area contributed by atoms with E-state index in [1.54, 1.807) is 0 Å². The first-order valence-corrected chi connectivity index (χ1v) is 9.31. The lowest BCUT2D eigenvalue weighted by molar-refractivity contribution is 0.407. The van der Waals surface area contributed by atoms with Crippen LogP contribution in [0.1, 0.15) is 32.1 Å². The largest absolute Gasteiger partial charge is 0.342 e. The van der Waals surface area contributed by atoms with Crippen LogP contribution in [0.3, 0.4) is 0 Å². The van der Waals surface area contributed by atoms with Gasteiger partial charge in [-0.1, -0.05) is 43.2 Å². The molecule has 0 amide bonds. The summed E-state index contributed by atoms with van der Waals surface area (Å²) in [6.07, 6.45) is 5.90. The highest BCUT2D eigenvalue weighted by Crippen LogP contribution is 2.45. The second kappa shape index (κ2) is 5.55. The quantitative estimate of drug-likeness (QED) is 0.895. The Morgan fingerprint density at radius 1 is 1.20 bits per heavy atom. The van der Waals surface area contributed by atoms with Crippen molar-refractivity contribution in [3.63, 3.8) is 0 Å². The third kappa shape index (κ3) is 2.95. The van der Waals surface area contributed by atoms with E-state index in [-0.39, 0.29) is 5.50 Å². The van der Waals surface area contributed by atoms with Crippen molar-refractivity contribution in [1.29, 1.82) is 0 Å². The van der Waals surface area contributed by atoms with Gasteiger partial charge in [0.25, 0.3) is 10.2 Å². The standard InChI is InChI=1S/C13H19N3O2S2/c14-20(17,18)15-13-16(10-6-2-1-3-7-10)11-8-4-5-9-12(11)19-13/h4-5,8-10,13,15H,1-3,6-7H2,(H2,14,17,18). The molecule has 3 N–H and O–H groups in total. The highest BCUT2D eigenvalue weighted by Gasteiger charge is 2.36. The molecule has 0 radical (unpaired) electrons. The molecule has 110 valence electrons. The maximum Gasteiger partial charge on any atom is 0.276 e. The third-order valence-corrected chi connectivity index (χ3v) is 5.74. The molecule has 1 unspecified atom stereocenters. The fraction of sp³-hybridized carbons (Fsp3) is 0.538. The molecule has 7 heteroatoms. The van der Waals surface area contributed by atoms with Gasteiger partial charge in [-0.25, -0.2) is 5.14 Å². The number of fused-ring (bicyclic) bond motifs is 1. The molecule has 1 fully saturated rings. The first kappa shape index (κ1) is 14.2. The molecule has 20 heavy (non-hydrogen) atoms. The minimum Gasteiger partial charge on any atom is -0.342 e. The fourth-order valence-corrected chi connectivity index (χ4v) is 5.12. The van der Waals surface area contributed by atoms with Crippen LogP contribution in [-0.2, 0) is 10.2 Å². The zero-order valence-electron chi connectivity index (χ0n) is 11.2. The minimum absolute atomic E-state index is 0.328. The van der Waals surface area contributed by atoms with Gasteiger partial charge >= 0.3 is 0 Å². The second-order valence-corrected chi connectivity index (χ2v) is 7.75. The van der Waals surface area contributed by atoms with Gasteiger partial charge in [0.2, 0.25) is 0 Å². The summed E-state index contributed by atoms with van der Waals surface area (Å²) in [4.78, 5) is 3.31. The number of rotatable bonds is 3. The molecule has 2 aliphatic rings. The topological polar surface area (TPSA) is 75.4 Å². The number of hydrogen-bond donors (Lipinski definition) is 2. The van der Waals surface area contributed by atoms with Crippen LogP contribution < -0.4 is 14.8 Å². The Labute approximate surface area is 124 Å². The summed E-state index contributed by atoms with van der Waals surface area (Å²) in [5.74, 6) is 0. The molecule has 5 nitrogen and oxygen atoms in total. The number of nitrogens with one attached hydrogen (secondary N) is 1. The zero-order valence-corrected chi connectivity index (χ0v) is 12.8. The van der Waals surface area contributed by atoms with E-state index in [0.29, 0.717) is 6.04 Å². The van der Waals surface area contributed by atoms with E-state index in [2.05, 4.69) is 15.7 Å². The van der Waals surface area contributed by atoms with Gasteiger partial charge in [-0.05, 0) is 25.0 Å². The molecule has 0 spiro atoms. The number of hydrogen-bond acceptors (Lipinski definition) is 4. The highest BCUT2D eigenvalue weighted by molar-refractivity contribution is 8.01. The summed E-state index contributed by atoms with van der Waals surface area (Å²) in [6.45, 7) is 0. The summed E-state index contributed by atoms with van der Waals surface area (Å²) >= 11 is 1.52. The summed E-state index contributed by atoms with van der Waals surface area (Å²) < 4.78 is 25.3. The molecule has 0 aromatic heterocycles. The van der Waals surface area contributed by atoms with Gasteiger partial charge in [0.15, 0.2) is 0 Å². The van der Waals surface area contributed by atoms with Crippen molar-refractivity contribution >= 4 is 27.7 Å². The number of benzene rings is 1. The van der Waals surface area contributed by atoms with Gasteiger partial charge in [0.05, 0.1) is 5.69 Å². The van der Waals surface area contributed by atoms with Crippen LogP contribution in [0, 0.1) is 0 Å². The smallest absolute Gasteiger partial charge is 0.276 e. The molecule has 1 aliphatic carbocycles. The third-order valence-electron chi connectivity index (χ3n) is 3.87. The Morgan fingerprint density at radius 3 is 2.60 bits per heavy atom. The molecule has 1 saturated carbocycles. The molecule has 1 aromatic carbocycles. The molecule has 0 saturated heterocycles. The van der Waals surface area contributed by atoms with Crippen LogP contribution in [0.15, 0.2) is 29.2 Å². The van der Waals surface area contributed by atoms with Crippen LogP contribution in [0.4, 0.5) is 5.69 Å². The number of nitrogens with two attached hydrogens (primary N) is 1. The van der Waals surface area contributed by atoms with E-state index in [9.17, 15) is 8.42 Å². The average Bonchev–Trinajstić information content (AvgIpc) is 2.75. The van der Waals surface area contributed by atoms with E-state index >= 15 is 0 Å². The number of para-hydroxylation sites is 1. The van der Waals surface area contributed by atoms with E-state index < -0.39 is 10.2 Å².